The van der Waals surface area contributed by atoms with E-state index in [1.165, 1.54) is 0 Å². The highest BCUT2D eigenvalue weighted by Gasteiger charge is 2.33. The van der Waals surface area contributed by atoms with E-state index in [1.807, 2.05) is 0 Å². The summed E-state index contributed by atoms with van der Waals surface area (Å²) >= 11 is 0. The van der Waals surface area contributed by atoms with Gasteiger partial charge in [-0.3, -0.25) is 10.1 Å². The third kappa shape index (κ3) is 6.01. The second kappa shape index (κ2) is 10.2. The van der Waals surface area contributed by atoms with E-state index in [0.29, 0.717) is 11.8 Å². The fraction of sp³-hybridized carbons (Fsp3) is 0.571. The van der Waals surface area contributed by atoms with E-state index in [-0.39, 0.29) is 23.1 Å². The van der Waals surface area contributed by atoms with Crippen molar-refractivity contribution in [1.82, 2.24) is 0 Å². The van der Waals surface area contributed by atoms with E-state index in [2.05, 4.69) is 25.5 Å². The van der Waals surface area contributed by atoms with E-state index in [1.54, 1.807) is 0 Å². The van der Waals surface area contributed by atoms with Crippen LogP contribution in [0.1, 0.15) is 60.7 Å². The molecule has 164 valence electrons. The summed E-state index contributed by atoms with van der Waals surface area (Å²) in [6.07, 6.45) is 2.58. The number of hydrogen-bond acceptors (Lipinski definition) is 8. The Morgan fingerprint density at radius 2 is 1.77 bits per heavy atom. The number of rotatable bonds is 7. The third-order valence-corrected chi connectivity index (χ3v) is 5.35. The molecule has 2 rings (SSSR count). The van der Waals surface area contributed by atoms with Crippen molar-refractivity contribution in [2.45, 2.75) is 46.1 Å². The second-order valence-electron chi connectivity index (χ2n) is 7.95. The molecule has 0 spiro atoms. The first kappa shape index (κ1) is 23.3. The first-order chi connectivity index (χ1) is 14.1. The summed E-state index contributed by atoms with van der Waals surface area (Å²) in [5, 5.41) is 11.1. The van der Waals surface area contributed by atoms with Crippen LogP contribution in [0.2, 0.25) is 0 Å². The van der Waals surface area contributed by atoms with Crippen molar-refractivity contribution in [2.24, 2.45) is 17.8 Å². The van der Waals surface area contributed by atoms with Gasteiger partial charge in [0.15, 0.2) is 6.61 Å². The third-order valence-electron chi connectivity index (χ3n) is 5.35. The largest absolute Gasteiger partial charge is 0.465 e. The number of nitrogens with zero attached hydrogens (tertiary/aromatic N) is 1. The summed E-state index contributed by atoms with van der Waals surface area (Å²) in [5.41, 5.74) is -0.871. The highest BCUT2D eigenvalue weighted by atomic mass is 16.6. The molecule has 9 nitrogen and oxygen atoms in total. The van der Waals surface area contributed by atoms with Gasteiger partial charge in [-0.1, -0.05) is 27.2 Å². The Morgan fingerprint density at radius 1 is 1.13 bits per heavy atom. The average Bonchev–Trinajstić information content (AvgIpc) is 2.70. The Morgan fingerprint density at radius 3 is 2.33 bits per heavy atom. The predicted octanol–water partition coefficient (Wildman–Crippen LogP) is 3.54. The summed E-state index contributed by atoms with van der Waals surface area (Å²) in [4.78, 5) is 46.6. The lowest BCUT2D eigenvalue weighted by Crippen LogP contribution is -2.36. The van der Waals surface area contributed by atoms with Crippen molar-refractivity contribution >= 4 is 23.6 Å². The molecular weight excluding hydrogens is 394 g/mol. The molecule has 0 heterocycles. The molecule has 1 aromatic rings. The quantitative estimate of drug-likeness (QED) is 0.283. The van der Waals surface area contributed by atoms with Gasteiger partial charge in [0.25, 0.3) is 5.69 Å². The number of carbonyl (C=O) groups is 3. The molecule has 0 N–H and O–H groups in total. The van der Waals surface area contributed by atoms with E-state index in [4.69, 9.17) is 9.47 Å². The molecule has 0 radical (unpaired) electrons. The number of nitro groups is 1. The summed E-state index contributed by atoms with van der Waals surface area (Å²) in [6.45, 7) is 5.66. The molecule has 1 fully saturated rings. The van der Waals surface area contributed by atoms with Crippen molar-refractivity contribution in [1.29, 1.82) is 0 Å². The van der Waals surface area contributed by atoms with Gasteiger partial charge in [0, 0.05) is 12.1 Å². The zero-order valence-electron chi connectivity index (χ0n) is 17.6. The maximum Gasteiger partial charge on any atom is 0.344 e. The van der Waals surface area contributed by atoms with Crippen molar-refractivity contribution in [3.63, 3.8) is 0 Å². The molecule has 3 atom stereocenters. The SMILES string of the molecule is COC(=O)c1cc(C(=O)OCC(=O)O[C@@H]2C[C@H](C)CC[C@H]2C(C)C)cc([N+](=O)[O-])c1. The molecule has 1 saturated carbocycles. The van der Waals surface area contributed by atoms with E-state index >= 15 is 0 Å². The number of methoxy groups -OCH3 is 1. The van der Waals surface area contributed by atoms with Gasteiger partial charge in [-0.15, -0.1) is 0 Å². The lowest BCUT2D eigenvalue weighted by molar-refractivity contribution is -0.384. The minimum Gasteiger partial charge on any atom is -0.465 e. The zero-order valence-corrected chi connectivity index (χ0v) is 17.6. The number of nitro benzene ring substituents is 1. The maximum atomic E-state index is 12.3. The minimum atomic E-state index is -0.974. The first-order valence-corrected chi connectivity index (χ1v) is 9.86. The van der Waals surface area contributed by atoms with Crippen LogP contribution in [0.5, 0.6) is 0 Å². The van der Waals surface area contributed by atoms with Gasteiger partial charge in [-0.25, -0.2) is 14.4 Å². The van der Waals surface area contributed by atoms with Crippen LogP contribution in [0.4, 0.5) is 5.69 Å². The highest BCUT2D eigenvalue weighted by molar-refractivity contribution is 5.97. The number of esters is 3. The fourth-order valence-electron chi connectivity index (χ4n) is 3.73. The summed E-state index contributed by atoms with van der Waals surface area (Å²) in [5.74, 6) is -1.43. The molecule has 1 aliphatic rings. The molecule has 0 bridgehead atoms. The number of carbonyl (C=O) groups excluding carboxylic acids is 3. The molecular formula is C21H27NO8. The number of hydrogen-bond donors (Lipinski definition) is 0. The van der Waals surface area contributed by atoms with Gasteiger partial charge in [0.05, 0.1) is 23.2 Å². The van der Waals surface area contributed by atoms with Crippen LogP contribution in [-0.2, 0) is 19.0 Å². The Hall–Kier alpha value is -2.97. The number of non-ortho nitro benzene ring substituents is 1. The van der Waals surface area contributed by atoms with E-state index in [0.717, 1.165) is 44.6 Å². The van der Waals surface area contributed by atoms with Gasteiger partial charge in [0.2, 0.25) is 0 Å². The normalized spacial score (nSPS) is 21.0. The van der Waals surface area contributed by atoms with Crippen LogP contribution in [-0.4, -0.2) is 42.7 Å². The van der Waals surface area contributed by atoms with Crippen LogP contribution in [0.25, 0.3) is 0 Å². The molecule has 1 aromatic carbocycles. The van der Waals surface area contributed by atoms with Crippen molar-refractivity contribution < 1.29 is 33.5 Å². The lowest BCUT2D eigenvalue weighted by Gasteiger charge is -2.36. The molecule has 0 amide bonds. The average molecular weight is 421 g/mol. The second-order valence-corrected chi connectivity index (χ2v) is 7.95. The zero-order chi connectivity index (χ0) is 22.4. The van der Waals surface area contributed by atoms with Crippen molar-refractivity contribution in [2.75, 3.05) is 13.7 Å². The van der Waals surface area contributed by atoms with Crippen molar-refractivity contribution in [3.05, 3.63) is 39.4 Å². The van der Waals surface area contributed by atoms with Gasteiger partial charge in [-0.2, -0.15) is 0 Å². The topological polar surface area (TPSA) is 122 Å². The summed E-state index contributed by atoms with van der Waals surface area (Å²) < 4.78 is 15.1. The molecule has 0 aromatic heterocycles. The summed E-state index contributed by atoms with van der Waals surface area (Å²) in [7, 11) is 1.12. The van der Waals surface area contributed by atoms with E-state index < -0.39 is 35.1 Å². The Bertz CT molecular complexity index is 819. The fourth-order valence-corrected chi connectivity index (χ4v) is 3.73. The van der Waals surface area contributed by atoms with Gasteiger partial charge in [-0.05, 0) is 36.7 Å². The lowest BCUT2D eigenvalue weighted by atomic mass is 9.75. The molecule has 1 aliphatic carbocycles. The highest BCUT2D eigenvalue weighted by Crippen LogP contribution is 2.35. The van der Waals surface area contributed by atoms with Gasteiger partial charge >= 0.3 is 17.9 Å². The van der Waals surface area contributed by atoms with Crippen LogP contribution in [0.3, 0.4) is 0 Å². The molecule has 0 unspecified atom stereocenters. The van der Waals surface area contributed by atoms with Gasteiger partial charge in [0.1, 0.15) is 6.10 Å². The molecule has 0 saturated heterocycles. The van der Waals surface area contributed by atoms with Crippen LogP contribution in [0, 0.1) is 27.9 Å². The first-order valence-electron chi connectivity index (χ1n) is 9.86. The smallest absolute Gasteiger partial charge is 0.344 e. The number of benzene rings is 1. The molecule has 0 aliphatic heterocycles. The summed E-state index contributed by atoms with van der Waals surface area (Å²) in [6, 6.07) is 3.08. The predicted molar refractivity (Wildman–Crippen MR) is 106 cm³/mol. The van der Waals surface area contributed by atoms with Crippen LogP contribution in [0.15, 0.2) is 18.2 Å². The Kier molecular flexibility index (Phi) is 7.91. The molecule has 30 heavy (non-hydrogen) atoms. The minimum absolute atomic E-state index is 0.169. The van der Waals surface area contributed by atoms with Gasteiger partial charge < -0.3 is 14.2 Å². The van der Waals surface area contributed by atoms with Crippen LogP contribution < -0.4 is 0 Å². The Balaban J connectivity index is 2.04. The number of ether oxygens (including phenoxy) is 3. The van der Waals surface area contributed by atoms with Crippen molar-refractivity contribution in [3.8, 4) is 0 Å². The maximum absolute atomic E-state index is 12.3. The van der Waals surface area contributed by atoms with Crippen LogP contribution >= 0.6 is 0 Å². The van der Waals surface area contributed by atoms with E-state index in [9.17, 15) is 24.5 Å². The Labute approximate surface area is 174 Å². The molecule has 9 heteroatoms. The monoisotopic (exact) mass is 421 g/mol. The standard InChI is InChI=1S/C21H27NO8/c1-12(2)17-6-5-13(3)7-18(17)30-19(23)11-29-21(25)15-8-14(20(24)28-4)9-16(10-15)22(26)27/h8-10,12-13,17-18H,5-7,11H2,1-4H3/t13-,17+,18-/m1/s1.